The van der Waals surface area contributed by atoms with Crippen LogP contribution in [0.5, 0.6) is 0 Å². The Balaban J connectivity index is 1.72. The van der Waals surface area contributed by atoms with Crippen molar-refractivity contribution >= 4 is 11.8 Å². The maximum Gasteiger partial charge on any atom is 0.101 e. The molecule has 0 unspecified atom stereocenters. The van der Waals surface area contributed by atoms with Crippen molar-refractivity contribution in [2.75, 3.05) is 13.1 Å². The lowest BCUT2D eigenvalue weighted by Gasteiger charge is -2.27. The molecule has 122 valence electrons. The van der Waals surface area contributed by atoms with E-state index in [1.165, 1.54) is 81.5 Å². The Kier molecular flexibility index (Phi) is 6.20. The van der Waals surface area contributed by atoms with Crippen LogP contribution in [0.2, 0.25) is 0 Å². The van der Waals surface area contributed by atoms with Crippen LogP contribution < -0.4 is 0 Å². The van der Waals surface area contributed by atoms with Crippen LogP contribution in [0, 0.1) is 0 Å². The van der Waals surface area contributed by atoms with E-state index >= 15 is 0 Å². The summed E-state index contributed by atoms with van der Waals surface area (Å²) in [6, 6.07) is 5.09. The van der Waals surface area contributed by atoms with E-state index in [0.717, 1.165) is 5.25 Å². The molecule has 0 N–H and O–H groups in total. The molecule has 3 rings (SSSR count). The first-order chi connectivity index (χ1) is 10.9. The Hall–Kier alpha value is -0.540. The summed E-state index contributed by atoms with van der Waals surface area (Å²) in [6.45, 7) is 4.82. The highest BCUT2D eigenvalue weighted by Gasteiger charge is 2.28. The van der Waals surface area contributed by atoms with E-state index in [1.54, 1.807) is 0 Å². The third-order valence-electron chi connectivity index (χ3n) is 5.15. The van der Waals surface area contributed by atoms with Crippen LogP contribution >= 0.6 is 11.8 Å². The van der Waals surface area contributed by atoms with Gasteiger partial charge in [-0.2, -0.15) is 0 Å². The molecule has 1 aromatic rings. The summed E-state index contributed by atoms with van der Waals surface area (Å²) in [6.07, 6.45) is 14.3. The highest BCUT2D eigenvalue weighted by molar-refractivity contribution is 7.99. The lowest BCUT2D eigenvalue weighted by atomic mass is 10.0. The van der Waals surface area contributed by atoms with Gasteiger partial charge in [0.15, 0.2) is 0 Å². The van der Waals surface area contributed by atoms with Crippen LogP contribution in [0.3, 0.4) is 0 Å². The molecule has 0 spiro atoms. The Bertz CT molecular complexity index is 457. The van der Waals surface area contributed by atoms with Gasteiger partial charge in [-0.15, -0.1) is 11.8 Å². The number of aromatic nitrogens is 1. The molecule has 22 heavy (non-hydrogen) atoms. The zero-order valence-electron chi connectivity index (χ0n) is 14.0. The van der Waals surface area contributed by atoms with Crippen LogP contribution in [-0.4, -0.2) is 28.2 Å². The molecule has 1 atom stereocenters. The number of hydrogen-bond acceptors (Lipinski definition) is 3. The summed E-state index contributed by atoms with van der Waals surface area (Å²) in [5.74, 6) is 0. The minimum absolute atomic E-state index is 0.617. The molecule has 0 aromatic carbocycles. The molecule has 2 aliphatic rings. The van der Waals surface area contributed by atoms with Gasteiger partial charge in [0.1, 0.15) is 5.03 Å². The first-order valence-corrected chi connectivity index (χ1v) is 10.1. The molecular formula is C19H30N2S. The molecule has 1 aromatic heterocycles. The van der Waals surface area contributed by atoms with Gasteiger partial charge in [0.05, 0.1) is 0 Å². The Morgan fingerprint density at radius 1 is 1.18 bits per heavy atom. The largest absolute Gasteiger partial charge is 0.296 e. The quantitative estimate of drug-likeness (QED) is 0.694. The Morgan fingerprint density at radius 3 is 2.86 bits per heavy atom. The van der Waals surface area contributed by atoms with Crippen LogP contribution in [0.25, 0.3) is 0 Å². The minimum atomic E-state index is 0.617. The molecule has 2 heterocycles. The van der Waals surface area contributed by atoms with Gasteiger partial charge < -0.3 is 0 Å². The second kappa shape index (κ2) is 8.35. The van der Waals surface area contributed by atoms with Crippen molar-refractivity contribution in [3.8, 4) is 0 Å². The average molecular weight is 319 g/mol. The lowest BCUT2D eigenvalue weighted by molar-refractivity contribution is 0.250. The fourth-order valence-corrected chi connectivity index (χ4v) is 5.25. The minimum Gasteiger partial charge on any atom is -0.296 e. The Morgan fingerprint density at radius 2 is 2.05 bits per heavy atom. The van der Waals surface area contributed by atoms with E-state index in [4.69, 9.17) is 4.98 Å². The van der Waals surface area contributed by atoms with Crippen molar-refractivity contribution in [3.05, 3.63) is 23.9 Å². The fourth-order valence-electron chi connectivity index (χ4n) is 3.90. The van der Waals surface area contributed by atoms with Gasteiger partial charge >= 0.3 is 0 Å². The number of nitrogens with zero attached hydrogens (tertiary/aromatic N) is 2. The van der Waals surface area contributed by atoms with Gasteiger partial charge in [0, 0.05) is 23.1 Å². The van der Waals surface area contributed by atoms with Crippen molar-refractivity contribution in [2.45, 2.75) is 81.0 Å². The second-order valence-corrected chi connectivity index (χ2v) is 8.11. The summed E-state index contributed by atoms with van der Waals surface area (Å²) in [5, 5.41) is 2.12. The van der Waals surface area contributed by atoms with Crippen LogP contribution in [-0.2, 0) is 0 Å². The maximum atomic E-state index is 4.77. The van der Waals surface area contributed by atoms with E-state index in [1.807, 2.05) is 6.20 Å². The summed E-state index contributed by atoms with van der Waals surface area (Å²) < 4.78 is 0. The smallest absolute Gasteiger partial charge is 0.101 e. The Labute approximate surface area is 140 Å². The molecule has 0 bridgehead atoms. The van der Waals surface area contributed by atoms with Crippen molar-refractivity contribution in [2.24, 2.45) is 0 Å². The topological polar surface area (TPSA) is 16.1 Å². The molecule has 3 heteroatoms. The summed E-state index contributed by atoms with van der Waals surface area (Å²) in [7, 11) is 0. The summed E-state index contributed by atoms with van der Waals surface area (Å²) in [4.78, 5) is 7.47. The normalized spacial score (nSPS) is 24.0. The molecular weight excluding hydrogens is 288 g/mol. The van der Waals surface area contributed by atoms with E-state index in [0.29, 0.717) is 6.04 Å². The van der Waals surface area contributed by atoms with Gasteiger partial charge in [0.2, 0.25) is 0 Å². The molecule has 1 aliphatic carbocycles. The van der Waals surface area contributed by atoms with Gasteiger partial charge in [-0.05, 0) is 51.3 Å². The second-order valence-electron chi connectivity index (χ2n) is 6.82. The van der Waals surface area contributed by atoms with Crippen molar-refractivity contribution in [1.29, 1.82) is 0 Å². The maximum absolute atomic E-state index is 4.77. The number of thioether (sulfide) groups is 1. The standard InChI is InChI=1S/C19H30N2S/c1-2-3-14-21-15-8-12-18(21)17-11-7-13-20-19(17)22-16-9-5-4-6-10-16/h7,11,13,16,18H,2-6,8-10,12,14-15H2,1H3/t18-/m1/s1. The van der Waals surface area contributed by atoms with Crippen molar-refractivity contribution in [3.63, 3.8) is 0 Å². The number of rotatable bonds is 6. The van der Waals surface area contributed by atoms with Gasteiger partial charge in [0.25, 0.3) is 0 Å². The third-order valence-corrected chi connectivity index (χ3v) is 6.52. The van der Waals surface area contributed by atoms with Gasteiger partial charge in [-0.1, -0.05) is 38.7 Å². The van der Waals surface area contributed by atoms with E-state index in [9.17, 15) is 0 Å². The molecule has 2 fully saturated rings. The van der Waals surface area contributed by atoms with Crippen molar-refractivity contribution in [1.82, 2.24) is 9.88 Å². The molecule has 0 radical (unpaired) electrons. The lowest BCUT2D eigenvalue weighted by Crippen LogP contribution is -2.25. The molecule has 1 saturated heterocycles. The summed E-state index contributed by atoms with van der Waals surface area (Å²) in [5.41, 5.74) is 1.51. The van der Waals surface area contributed by atoms with Gasteiger partial charge in [-0.25, -0.2) is 4.98 Å². The highest BCUT2D eigenvalue weighted by atomic mass is 32.2. The number of hydrogen-bond donors (Lipinski definition) is 0. The first kappa shape index (κ1) is 16.3. The molecule has 1 saturated carbocycles. The monoisotopic (exact) mass is 318 g/mol. The summed E-state index contributed by atoms with van der Waals surface area (Å²) >= 11 is 2.07. The number of unbranched alkanes of at least 4 members (excludes halogenated alkanes) is 1. The third kappa shape index (κ3) is 4.05. The van der Waals surface area contributed by atoms with Crippen molar-refractivity contribution < 1.29 is 0 Å². The average Bonchev–Trinajstić information content (AvgIpc) is 3.03. The van der Waals surface area contributed by atoms with E-state index in [-0.39, 0.29) is 0 Å². The fraction of sp³-hybridized carbons (Fsp3) is 0.737. The van der Waals surface area contributed by atoms with E-state index < -0.39 is 0 Å². The van der Waals surface area contributed by atoms with Crippen LogP contribution in [0.15, 0.2) is 23.4 Å². The first-order valence-electron chi connectivity index (χ1n) is 9.24. The zero-order valence-corrected chi connectivity index (χ0v) is 14.8. The SMILES string of the molecule is CCCCN1CCC[C@@H]1c1cccnc1SC1CCCCC1. The highest BCUT2D eigenvalue weighted by Crippen LogP contribution is 2.40. The van der Waals surface area contributed by atoms with Gasteiger partial charge in [-0.3, -0.25) is 4.90 Å². The molecule has 1 aliphatic heterocycles. The number of pyridine rings is 1. The van der Waals surface area contributed by atoms with E-state index in [2.05, 4.69) is 35.7 Å². The zero-order chi connectivity index (χ0) is 15.2. The van der Waals surface area contributed by atoms with Crippen LogP contribution in [0.1, 0.15) is 76.3 Å². The molecule has 0 amide bonds. The molecule has 2 nitrogen and oxygen atoms in total. The van der Waals surface area contributed by atoms with Crippen LogP contribution in [0.4, 0.5) is 0 Å². The predicted molar refractivity (Wildman–Crippen MR) is 95.4 cm³/mol. The number of likely N-dealkylation sites (tertiary alicyclic amines) is 1. The predicted octanol–water partition coefficient (Wildman–Crippen LogP) is 5.44.